The predicted molar refractivity (Wildman–Crippen MR) is 125 cm³/mol. The van der Waals surface area contributed by atoms with Crippen LogP contribution < -0.4 is 14.9 Å². The monoisotopic (exact) mass is 450 g/mol. The van der Waals surface area contributed by atoms with Crippen molar-refractivity contribution in [2.45, 2.75) is 31.2 Å². The summed E-state index contributed by atoms with van der Waals surface area (Å²) < 4.78 is 28.8. The van der Waals surface area contributed by atoms with E-state index < -0.39 is 10.0 Å². The van der Waals surface area contributed by atoms with E-state index in [0.29, 0.717) is 11.3 Å². The zero-order valence-electron chi connectivity index (χ0n) is 17.9. The molecule has 7 nitrogen and oxygen atoms in total. The lowest BCUT2D eigenvalue weighted by Crippen LogP contribution is -2.25. The number of aryl methyl sites for hydroxylation is 1. The molecular formula is C24H26N4O3S. The van der Waals surface area contributed by atoms with Crippen molar-refractivity contribution in [2.75, 3.05) is 22.7 Å². The minimum Gasteiger partial charge on any atom is -0.370 e. The van der Waals surface area contributed by atoms with Gasteiger partial charge >= 0.3 is 0 Å². The molecule has 1 fully saturated rings. The Labute approximate surface area is 188 Å². The highest BCUT2D eigenvalue weighted by molar-refractivity contribution is 7.92. The normalized spacial score (nSPS) is 13.7. The number of sulfonamides is 1. The minimum absolute atomic E-state index is 0.181. The molecule has 1 aliphatic heterocycles. The van der Waals surface area contributed by atoms with Crippen LogP contribution in [-0.2, 0) is 16.6 Å². The van der Waals surface area contributed by atoms with Gasteiger partial charge in [-0.2, -0.15) is 0 Å². The molecule has 0 spiro atoms. The number of benzene rings is 2. The number of nitrogens with one attached hydrogen (secondary N) is 2. The van der Waals surface area contributed by atoms with Gasteiger partial charge in [-0.1, -0.05) is 23.8 Å². The number of carbonyl (C=O) groups is 1. The summed E-state index contributed by atoms with van der Waals surface area (Å²) in [7, 11) is -3.80. The van der Waals surface area contributed by atoms with Gasteiger partial charge in [0.2, 0.25) is 0 Å². The first-order valence-electron chi connectivity index (χ1n) is 10.6. The van der Waals surface area contributed by atoms with E-state index in [1.165, 1.54) is 0 Å². The van der Waals surface area contributed by atoms with E-state index in [-0.39, 0.29) is 17.3 Å². The molecule has 2 N–H and O–H groups in total. The van der Waals surface area contributed by atoms with Crippen molar-refractivity contribution in [3.05, 3.63) is 83.7 Å². The number of pyridine rings is 1. The van der Waals surface area contributed by atoms with Gasteiger partial charge in [0.25, 0.3) is 15.9 Å². The summed E-state index contributed by atoms with van der Waals surface area (Å²) in [6.07, 6.45) is 3.78. The Kier molecular flexibility index (Phi) is 6.41. The molecule has 2 aromatic carbocycles. The Bertz CT molecular complexity index is 1190. The molecule has 2 heterocycles. The summed E-state index contributed by atoms with van der Waals surface area (Å²) in [6, 6.07) is 17.3. The summed E-state index contributed by atoms with van der Waals surface area (Å²) in [5, 5.41) is 2.84. The lowest BCUT2D eigenvalue weighted by molar-refractivity contribution is 0.0950. The van der Waals surface area contributed by atoms with Crippen molar-refractivity contribution in [3.8, 4) is 0 Å². The zero-order valence-corrected chi connectivity index (χ0v) is 18.7. The van der Waals surface area contributed by atoms with Crippen LogP contribution in [0.1, 0.15) is 34.5 Å². The lowest BCUT2D eigenvalue weighted by atomic mass is 10.1. The van der Waals surface area contributed by atoms with Crippen LogP contribution in [0.2, 0.25) is 0 Å². The number of rotatable bonds is 7. The average molecular weight is 451 g/mol. The maximum absolute atomic E-state index is 13.0. The standard InChI is InChI=1S/C24H26N4O3S/c1-18-7-10-21(11-8-18)32(30,31)27-22-16-19(9-12-23(22)28-14-4-5-15-28)24(29)26-17-20-6-2-3-13-25-20/h2-3,6-13,16,27H,4-5,14-15,17H2,1H3,(H,26,29). The Balaban J connectivity index is 1.61. The lowest BCUT2D eigenvalue weighted by Gasteiger charge is -2.22. The molecular weight excluding hydrogens is 424 g/mol. The molecule has 1 aromatic heterocycles. The van der Waals surface area contributed by atoms with Gasteiger partial charge in [-0.3, -0.25) is 14.5 Å². The fourth-order valence-electron chi connectivity index (χ4n) is 3.69. The Morgan fingerprint density at radius 1 is 1.03 bits per heavy atom. The van der Waals surface area contributed by atoms with E-state index in [9.17, 15) is 13.2 Å². The van der Waals surface area contributed by atoms with Crippen molar-refractivity contribution >= 4 is 27.3 Å². The molecule has 0 bridgehead atoms. The summed E-state index contributed by atoms with van der Waals surface area (Å²) in [5.41, 5.74) is 3.28. The van der Waals surface area contributed by atoms with Crippen LogP contribution in [-0.4, -0.2) is 32.4 Å². The molecule has 8 heteroatoms. The number of aromatic nitrogens is 1. The average Bonchev–Trinajstić information content (AvgIpc) is 3.33. The molecule has 1 amide bonds. The first-order valence-corrected chi connectivity index (χ1v) is 12.1. The number of nitrogens with zero attached hydrogens (tertiary/aromatic N) is 2. The van der Waals surface area contributed by atoms with Crippen LogP contribution >= 0.6 is 0 Å². The molecule has 0 saturated carbocycles. The van der Waals surface area contributed by atoms with E-state index in [0.717, 1.165) is 42.9 Å². The Morgan fingerprint density at radius 2 is 1.78 bits per heavy atom. The third-order valence-electron chi connectivity index (χ3n) is 5.44. The van der Waals surface area contributed by atoms with Gasteiger partial charge in [0.15, 0.2) is 0 Å². The third-order valence-corrected chi connectivity index (χ3v) is 6.82. The van der Waals surface area contributed by atoms with Crippen molar-refractivity contribution in [2.24, 2.45) is 0 Å². The summed E-state index contributed by atoms with van der Waals surface area (Å²) in [4.78, 5) is 19.3. The smallest absolute Gasteiger partial charge is 0.261 e. The molecule has 1 saturated heterocycles. The van der Waals surface area contributed by atoms with E-state index >= 15 is 0 Å². The molecule has 166 valence electrons. The molecule has 0 unspecified atom stereocenters. The number of hydrogen-bond donors (Lipinski definition) is 2. The number of amides is 1. The van der Waals surface area contributed by atoms with Gasteiger partial charge in [-0.25, -0.2) is 8.42 Å². The Hall–Kier alpha value is -3.39. The van der Waals surface area contributed by atoms with Gasteiger partial charge < -0.3 is 10.2 Å². The predicted octanol–water partition coefficient (Wildman–Crippen LogP) is 3.72. The summed E-state index contributed by atoms with van der Waals surface area (Å²) in [5.74, 6) is -0.292. The topological polar surface area (TPSA) is 91.4 Å². The first-order chi connectivity index (χ1) is 15.4. The highest BCUT2D eigenvalue weighted by Crippen LogP contribution is 2.32. The zero-order chi connectivity index (χ0) is 22.6. The van der Waals surface area contributed by atoms with Crippen LogP contribution in [0.4, 0.5) is 11.4 Å². The van der Waals surface area contributed by atoms with E-state index in [4.69, 9.17) is 0 Å². The molecule has 0 aliphatic carbocycles. The van der Waals surface area contributed by atoms with Crippen molar-refractivity contribution < 1.29 is 13.2 Å². The second-order valence-corrected chi connectivity index (χ2v) is 9.53. The van der Waals surface area contributed by atoms with Gasteiger partial charge in [-0.05, 0) is 62.2 Å². The second-order valence-electron chi connectivity index (χ2n) is 7.85. The second kappa shape index (κ2) is 9.40. The highest BCUT2D eigenvalue weighted by atomic mass is 32.2. The number of carbonyl (C=O) groups excluding carboxylic acids is 1. The number of hydrogen-bond acceptors (Lipinski definition) is 5. The molecule has 0 radical (unpaired) electrons. The summed E-state index contributed by atoms with van der Waals surface area (Å²) in [6.45, 7) is 3.90. The minimum atomic E-state index is -3.80. The number of anilines is 2. The van der Waals surface area contributed by atoms with Gasteiger partial charge in [0, 0.05) is 24.8 Å². The Morgan fingerprint density at radius 3 is 2.47 bits per heavy atom. The van der Waals surface area contributed by atoms with Gasteiger partial charge in [0.1, 0.15) is 0 Å². The van der Waals surface area contributed by atoms with E-state index in [2.05, 4.69) is 19.9 Å². The fraction of sp³-hybridized carbons (Fsp3) is 0.250. The fourth-order valence-corrected chi connectivity index (χ4v) is 4.75. The van der Waals surface area contributed by atoms with Crippen LogP contribution in [0.25, 0.3) is 0 Å². The van der Waals surface area contributed by atoms with E-state index in [1.807, 2.05) is 31.2 Å². The molecule has 32 heavy (non-hydrogen) atoms. The van der Waals surface area contributed by atoms with Gasteiger partial charge in [-0.15, -0.1) is 0 Å². The van der Waals surface area contributed by atoms with Crippen LogP contribution in [0.15, 0.2) is 71.8 Å². The quantitative estimate of drug-likeness (QED) is 0.572. The van der Waals surface area contributed by atoms with Crippen molar-refractivity contribution in [3.63, 3.8) is 0 Å². The molecule has 1 aliphatic rings. The maximum Gasteiger partial charge on any atom is 0.261 e. The SMILES string of the molecule is Cc1ccc(S(=O)(=O)Nc2cc(C(=O)NCc3ccccn3)ccc2N2CCCC2)cc1. The van der Waals surface area contributed by atoms with Crippen LogP contribution in [0.3, 0.4) is 0 Å². The van der Waals surface area contributed by atoms with Crippen LogP contribution in [0.5, 0.6) is 0 Å². The summed E-state index contributed by atoms with van der Waals surface area (Å²) >= 11 is 0. The van der Waals surface area contributed by atoms with E-state index in [1.54, 1.807) is 42.6 Å². The van der Waals surface area contributed by atoms with Crippen molar-refractivity contribution in [1.29, 1.82) is 0 Å². The molecule has 0 atom stereocenters. The maximum atomic E-state index is 13.0. The molecule has 4 rings (SSSR count). The van der Waals surface area contributed by atoms with Gasteiger partial charge in [0.05, 0.1) is 28.5 Å². The largest absolute Gasteiger partial charge is 0.370 e. The first kappa shape index (κ1) is 21.8. The third kappa shape index (κ3) is 5.08. The highest BCUT2D eigenvalue weighted by Gasteiger charge is 2.22. The molecule has 3 aromatic rings. The van der Waals surface area contributed by atoms with Crippen molar-refractivity contribution in [1.82, 2.24) is 10.3 Å². The van der Waals surface area contributed by atoms with Crippen LogP contribution in [0, 0.1) is 6.92 Å².